The normalized spacial score (nSPS) is 28.6. The predicted molar refractivity (Wildman–Crippen MR) is 95.7 cm³/mol. The molecule has 4 unspecified atom stereocenters. The molecule has 0 heterocycles. The van der Waals surface area contributed by atoms with Crippen LogP contribution in [-0.4, -0.2) is 12.6 Å². The van der Waals surface area contributed by atoms with Gasteiger partial charge >= 0.3 is 0 Å². The molecule has 0 aromatic carbocycles. The Bertz CT molecular complexity index is 266. The topological polar surface area (TPSA) is 12.0 Å². The molecule has 126 valence electrons. The highest BCUT2D eigenvalue weighted by Gasteiger charge is 2.36. The summed E-state index contributed by atoms with van der Waals surface area (Å²) in [5.41, 5.74) is 0.487. The zero-order valence-corrected chi connectivity index (χ0v) is 15.7. The molecule has 0 aromatic rings. The van der Waals surface area contributed by atoms with Crippen molar-refractivity contribution in [3.8, 4) is 0 Å². The van der Waals surface area contributed by atoms with Gasteiger partial charge in [0, 0.05) is 6.04 Å². The van der Waals surface area contributed by atoms with Crippen molar-refractivity contribution in [2.45, 2.75) is 99.0 Å². The number of unbranched alkanes of at least 4 members (excludes halogenated alkanes) is 1. The Labute approximate surface area is 134 Å². The van der Waals surface area contributed by atoms with E-state index in [1.54, 1.807) is 0 Å². The number of nitrogens with one attached hydrogen (secondary N) is 1. The molecule has 4 atom stereocenters. The van der Waals surface area contributed by atoms with Crippen molar-refractivity contribution in [3.63, 3.8) is 0 Å². The standard InChI is InChI=1S/C20H41N/c1-7-10-11-16(8-2)14-17-15-18(20(4,5)6)12-13-19(17)21-9-3/h16-19,21H,7-15H2,1-6H3. The minimum Gasteiger partial charge on any atom is -0.314 e. The van der Waals surface area contributed by atoms with Crippen molar-refractivity contribution in [3.05, 3.63) is 0 Å². The first kappa shape index (κ1) is 19.0. The largest absolute Gasteiger partial charge is 0.314 e. The fraction of sp³-hybridized carbons (Fsp3) is 1.00. The van der Waals surface area contributed by atoms with Crippen molar-refractivity contribution in [2.75, 3.05) is 6.54 Å². The van der Waals surface area contributed by atoms with Crippen molar-refractivity contribution in [2.24, 2.45) is 23.2 Å². The number of hydrogen-bond acceptors (Lipinski definition) is 1. The molecule has 0 bridgehead atoms. The summed E-state index contributed by atoms with van der Waals surface area (Å²) in [5.74, 6) is 2.78. The van der Waals surface area contributed by atoms with E-state index < -0.39 is 0 Å². The van der Waals surface area contributed by atoms with E-state index in [-0.39, 0.29) is 0 Å². The molecule has 1 saturated carbocycles. The molecule has 1 aliphatic rings. The van der Waals surface area contributed by atoms with Crippen LogP contribution in [0.3, 0.4) is 0 Å². The fourth-order valence-corrected chi connectivity index (χ4v) is 4.25. The molecule has 21 heavy (non-hydrogen) atoms. The summed E-state index contributed by atoms with van der Waals surface area (Å²) in [7, 11) is 0. The molecule has 1 rings (SSSR count). The van der Waals surface area contributed by atoms with E-state index in [1.165, 1.54) is 51.4 Å². The van der Waals surface area contributed by atoms with Crippen molar-refractivity contribution in [1.29, 1.82) is 0 Å². The summed E-state index contributed by atoms with van der Waals surface area (Å²) in [6.07, 6.45) is 11.3. The van der Waals surface area contributed by atoms with Gasteiger partial charge in [0.15, 0.2) is 0 Å². The van der Waals surface area contributed by atoms with Crippen LogP contribution >= 0.6 is 0 Å². The van der Waals surface area contributed by atoms with Crippen molar-refractivity contribution in [1.82, 2.24) is 5.32 Å². The third-order valence-corrected chi connectivity index (χ3v) is 5.85. The van der Waals surface area contributed by atoms with Gasteiger partial charge in [0.05, 0.1) is 0 Å². The number of hydrogen-bond donors (Lipinski definition) is 1. The maximum absolute atomic E-state index is 3.79. The van der Waals surface area contributed by atoms with Gasteiger partial charge in [-0.15, -0.1) is 0 Å². The molecule has 1 aliphatic carbocycles. The highest BCUT2D eigenvalue weighted by molar-refractivity contribution is 4.89. The molecule has 1 N–H and O–H groups in total. The molecular weight excluding hydrogens is 254 g/mol. The Balaban J connectivity index is 2.65. The summed E-state index contributed by atoms with van der Waals surface area (Å²) >= 11 is 0. The lowest BCUT2D eigenvalue weighted by atomic mass is 9.65. The van der Waals surface area contributed by atoms with Gasteiger partial charge in [-0.2, -0.15) is 0 Å². The van der Waals surface area contributed by atoms with E-state index in [2.05, 4.69) is 46.9 Å². The van der Waals surface area contributed by atoms with Crippen LogP contribution in [0.5, 0.6) is 0 Å². The second-order valence-corrected chi connectivity index (χ2v) is 8.45. The van der Waals surface area contributed by atoms with Gasteiger partial charge < -0.3 is 5.32 Å². The molecule has 1 heteroatoms. The lowest BCUT2D eigenvalue weighted by Gasteiger charge is -2.43. The fourth-order valence-electron chi connectivity index (χ4n) is 4.25. The zero-order valence-electron chi connectivity index (χ0n) is 15.7. The molecular formula is C20H41N. The third-order valence-electron chi connectivity index (χ3n) is 5.85. The Hall–Kier alpha value is -0.0400. The summed E-state index contributed by atoms with van der Waals surface area (Å²) in [5, 5.41) is 3.79. The zero-order chi connectivity index (χ0) is 15.9. The Morgan fingerprint density at radius 1 is 1.10 bits per heavy atom. The lowest BCUT2D eigenvalue weighted by Crippen LogP contribution is -2.43. The first-order valence-electron chi connectivity index (χ1n) is 9.65. The van der Waals surface area contributed by atoms with Gasteiger partial charge in [0.2, 0.25) is 0 Å². The van der Waals surface area contributed by atoms with E-state index in [4.69, 9.17) is 0 Å². The molecule has 0 radical (unpaired) electrons. The van der Waals surface area contributed by atoms with Gasteiger partial charge in [-0.3, -0.25) is 0 Å². The average Bonchev–Trinajstić information content (AvgIpc) is 2.44. The highest BCUT2D eigenvalue weighted by atomic mass is 14.9. The highest BCUT2D eigenvalue weighted by Crippen LogP contribution is 2.42. The van der Waals surface area contributed by atoms with Gasteiger partial charge in [-0.1, -0.05) is 67.2 Å². The Morgan fingerprint density at radius 2 is 1.81 bits per heavy atom. The molecule has 1 nitrogen and oxygen atoms in total. The van der Waals surface area contributed by atoms with Crippen LogP contribution in [0.4, 0.5) is 0 Å². The van der Waals surface area contributed by atoms with Crippen LogP contribution in [0, 0.1) is 23.2 Å². The van der Waals surface area contributed by atoms with Crippen LogP contribution in [0.1, 0.15) is 92.9 Å². The molecule has 0 aromatic heterocycles. The summed E-state index contributed by atoms with van der Waals surface area (Å²) in [4.78, 5) is 0. The second kappa shape index (κ2) is 9.18. The van der Waals surface area contributed by atoms with Gasteiger partial charge in [0.25, 0.3) is 0 Å². The lowest BCUT2D eigenvalue weighted by molar-refractivity contribution is 0.0986. The SMILES string of the molecule is CCCCC(CC)CC1CC(C(C)(C)C)CCC1NCC. The molecule has 0 spiro atoms. The quantitative estimate of drug-likeness (QED) is 0.576. The first-order chi connectivity index (χ1) is 9.92. The molecule has 0 amide bonds. The minimum atomic E-state index is 0.487. The van der Waals surface area contributed by atoms with E-state index >= 15 is 0 Å². The first-order valence-corrected chi connectivity index (χ1v) is 9.65. The summed E-state index contributed by atoms with van der Waals surface area (Å²) in [6.45, 7) is 15.4. The number of rotatable bonds is 8. The summed E-state index contributed by atoms with van der Waals surface area (Å²) in [6, 6.07) is 0.782. The van der Waals surface area contributed by atoms with Gasteiger partial charge in [0.1, 0.15) is 0 Å². The molecule has 1 fully saturated rings. The van der Waals surface area contributed by atoms with Crippen LogP contribution in [0.25, 0.3) is 0 Å². The maximum atomic E-state index is 3.79. The Kier molecular flexibility index (Phi) is 8.31. The molecule has 0 saturated heterocycles. The van der Waals surface area contributed by atoms with Crippen molar-refractivity contribution < 1.29 is 0 Å². The predicted octanol–water partition coefficient (Wildman–Crippen LogP) is 6.03. The Morgan fingerprint density at radius 3 is 2.33 bits per heavy atom. The minimum absolute atomic E-state index is 0.487. The van der Waals surface area contributed by atoms with Gasteiger partial charge in [-0.25, -0.2) is 0 Å². The summed E-state index contributed by atoms with van der Waals surface area (Å²) < 4.78 is 0. The molecule has 0 aliphatic heterocycles. The monoisotopic (exact) mass is 295 g/mol. The van der Waals surface area contributed by atoms with E-state index in [9.17, 15) is 0 Å². The van der Waals surface area contributed by atoms with Gasteiger partial charge in [-0.05, 0) is 55.4 Å². The second-order valence-electron chi connectivity index (χ2n) is 8.45. The van der Waals surface area contributed by atoms with E-state index in [0.29, 0.717) is 5.41 Å². The smallest absolute Gasteiger partial charge is 0.00955 e. The maximum Gasteiger partial charge on any atom is 0.00955 e. The van der Waals surface area contributed by atoms with Crippen LogP contribution in [-0.2, 0) is 0 Å². The van der Waals surface area contributed by atoms with Crippen molar-refractivity contribution >= 4 is 0 Å². The van der Waals surface area contributed by atoms with Crippen LogP contribution in [0.2, 0.25) is 0 Å². The van der Waals surface area contributed by atoms with E-state index in [1.807, 2.05) is 0 Å². The van der Waals surface area contributed by atoms with Crippen LogP contribution < -0.4 is 5.32 Å². The third kappa shape index (κ3) is 6.30. The average molecular weight is 296 g/mol. The van der Waals surface area contributed by atoms with E-state index in [0.717, 1.165) is 30.3 Å². The van der Waals surface area contributed by atoms with Crippen LogP contribution in [0.15, 0.2) is 0 Å².